The van der Waals surface area contributed by atoms with E-state index in [4.69, 9.17) is 0 Å². The summed E-state index contributed by atoms with van der Waals surface area (Å²) in [5.41, 5.74) is 0. The van der Waals surface area contributed by atoms with Crippen LogP contribution in [-0.2, 0) is 0 Å². The average Bonchev–Trinajstić information content (AvgIpc) is 1.70. The number of allylic oxidation sites excluding steroid dienone is 2. The van der Waals surface area contributed by atoms with E-state index in [0.29, 0.717) is 0 Å². The molecule has 0 nitrogen and oxygen atoms in total. The van der Waals surface area contributed by atoms with Crippen LogP contribution >= 0.6 is 0 Å². The molecule has 0 aliphatic rings. The Bertz CT molecular complexity index is 249. The first-order chi connectivity index (χ1) is 6.75. The summed E-state index contributed by atoms with van der Waals surface area (Å²) in [4.78, 5) is 0. The van der Waals surface area contributed by atoms with E-state index in [1.165, 1.54) is 0 Å². The first-order valence-corrected chi connectivity index (χ1v) is 3.33. The Morgan fingerprint density at radius 3 is 1.25 bits per heavy atom. The zero-order chi connectivity index (χ0) is 13.4. The zero-order valence-electron chi connectivity index (χ0n) is 6.93. The maximum absolute atomic E-state index is 12.3. The van der Waals surface area contributed by atoms with Gasteiger partial charge in [0.25, 0.3) is 0 Å². The van der Waals surface area contributed by atoms with Crippen molar-refractivity contribution in [3.05, 3.63) is 11.9 Å². The van der Waals surface area contributed by atoms with Gasteiger partial charge in [0.2, 0.25) is 5.92 Å². The zero-order valence-corrected chi connectivity index (χ0v) is 6.93. The summed E-state index contributed by atoms with van der Waals surface area (Å²) >= 11 is 0. The second-order valence-corrected chi connectivity index (χ2v) is 2.59. The van der Waals surface area contributed by atoms with Crippen LogP contribution in [0.25, 0.3) is 0 Å². The molecule has 0 rings (SSSR count). The Balaban J connectivity index is 5.33. The minimum absolute atomic E-state index is 1.67. The Hall–Kier alpha value is -0.960. The maximum atomic E-state index is 12.3. The molecule has 0 aliphatic heterocycles. The van der Waals surface area contributed by atoms with Crippen LogP contribution in [0.1, 0.15) is 0 Å². The van der Waals surface area contributed by atoms with Crippen molar-refractivity contribution in [3.63, 3.8) is 0 Å². The lowest BCUT2D eigenvalue weighted by Crippen LogP contribution is -2.37. The standard InChI is InChI=1S/C6H2F10/c7-2(1-4(8,9)10)3(5(11,12)13)6(14,15)16/h1,3H/b2-1+. The van der Waals surface area contributed by atoms with Crippen molar-refractivity contribution < 1.29 is 43.9 Å². The van der Waals surface area contributed by atoms with Gasteiger partial charge in [0.05, 0.1) is 6.08 Å². The van der Waals surface area contributed by atoms with Gasteiger partial charge < -0.3 is 0 Å². The first kappa shape index (κ1) is 15.0. The van der Waals surface area contributed by atoms with Crippen LogP contribution < -0.4 is 0 Å². The fourth-order valence-corrected chi connectivity index (χ4v) is 0.738. The van der Waals surface area contributed by atoms with E-state index < -0.39 is 36.3 Å². The van der Waals surface area contributed by atoms with Gasteiger partial charge in [-0.3, -0.25) is 0 Å². The van der Waals surface area contributed by atoms with Gasteiger partial charge in [-0.1, -0.05) is 0 Å². The summed E-state index contributed by atoms with van der Waals surface area (Å²) in [7, 11) is 0. The van der Waals surface area contributed by atoms with Crippen LogP contribution in [0.2, 0.25) is 0 Å². The van der Waals surface area contributed by atoms with Crippen molar-refractivity contribution in [2.45, 2.75) is 18.5 Å². The number of hydrogen-bond donors (Lipinski definition) is 0. The van der Waals surface area contributed by atoms with Crippen LogP contribution in [0.15, 0.2) is 11.9 Å². The van der Waals surface area contributed by atoms with E-state index in [0.717, 1.165) is 0 Å². The molecule has 0 bridgehead atoms. The normalized spacial score (nSPS) is 15.8. The minimum Gasteiger partial charge on any atom is -0.211 e. The van der Waals surface area contributed by atoms with Gasteiger partial charge in [0, 0.05) is 0 Å². The quantitative estimate of drug-likeness (QED) is 0.624. The fraction of sp³-hybridized carbons (Fsp3) is 0.667. The molecule has 0 aromatic rings. The van der Waals surface area contributed by atoms with Crippen molar-refractivity contribution >= 4 is 0 Å². The van der Waals surface area contributed by atoms with Crippen LogP contribution in [0.3, 0.4) is 0 Å². The van der Waals surface area contributed by atoms with Gasteiger partial charge in [-0.25, -0.2) is 4.39 Å². The molecule has 0 N–H and O–H groups in total. The molecule has 0 aromatic carbocycles. The molecule has 0 amide bonds. The van der Waals surface area contributed by atoms with Crippen LogP contribution in [-0.4, -0.2) is 18.5 Å². The molecule has 0 fully saturated rings. The highest BCUT2D eigenvalue weighted by atomic mass is 19.4. The smallest absolute Gasteiger partial charge is 0.211 e. The van der Waals surface area contributed by atoms with Gasteiger partial charge >= 0.3 is 18.5 Å². The van der Waals surface area contributed by atoms with E-state index in [1.807, 2.05) is 0 Å². The molecule has 0 atom stereocenters. The average molecular weight is 264 g/mol. The second kappa shape index (κ2) is 4.13. The molecule has 0 spiro atoms. The van der Waals surface area contributed by atoms with Crippen LogP contribution in [0.5, 0.6) is 0 Å². The summed E-state index contributed by atoms with van der Waals surface area (Å²) in [6, 6.07) is 0. The summed E-state index contributed by atoms with van der Waals surface area (Å²) < 4.78 is 116. The molecule has 16 heavy (non-hydrogen) atoms. The van der Waals surface area contributed by atoms with Crippen molar-refractivity contribution in [1.82, 2.24) is 0 Å². The molecule has 0 radical (unpaired) electrons. The summed E-state index contributed by atoms with van der Waals surface area (Å²) in [5, 5.41) is 0. The molecular weight excluding hydrogens is 262 g/mol. The lowest BCUT2D eigenvalue weighted by Gasteiger charge is -2.21. The number of alkyl halides is 9. The molecule has 0 heterocycles. The third-order valence-electron chi connectivity index (χ3n) is 1.23. The molecule has 96 valence electrons. The molecule has 10 heteroatoms. The molecule has 0 aliphatic carbocycles. The van der Waals surface area contributed by atoms with E-state index in [2.05, 4.69) is 0 Å². The van der Waals surface area contributed by atoms with E-state index >= 15 is 0 Å². The van der Waals surface area contributed by atoms with Gasteiger partial charge in [0.15, 0.2) is 0 Å². The third-order valence-corrected chi connectivity index (χ3v) is 1.23. The number of rotatable bonds is 1. The van der Waals surface area contributed by atoms with E-state index in [9.17, 15) is 43.9 Å². The first-order valence-electron chi connectivity index (χ1n) is 3.33. The molecule has 0 saturated heterocycles. The minimum atomic E-state index is -6.18. The van der Waals surface area contributed by atoms with Crippen molar-refractivity contribution in [3.8, 4) is 0 Å². The topological polar surface area (TPSA) is 0 Å². The SMILES string of the molecule is F/C(=C/C(F)(F)F)C(C(F)(F)F)C(F)(F)F. The largest absolute Gasteiger partial charge is 0.412 e. The highest BCUT2D eigenvalue weighted by Crippen LogP contribution is 2.44. The van der Waals surface area contributed by atoms with Gasteiger partial charge in [0.1, 0.15) is 5.83 Å². The third kappa shape index (κ3) is 4.71. The highest BCUT2D eigenvalue weighted by Gasteiger charge is 2.59. The van der Waals surface area contributed by atoms with Crippen LogP contribution in [0, 0.1) is 5.92 Å². The monoisotopic (exact) mass is 264 g/mol. The molecule has 0 aromatic heterocycles. The summed E-state index contributed by atoms with van der Waals surface area (Å²) in [5.74, 6) is -8.10. The Labute approximate surface area is 81.5 Å². The Morgan fingerprint density at radius 2 is 1.06 bits per heavy atom. The fourth-order valence-electron chi connectivity index (χ4n) is 0.738. The van der Waals surface area contributed by atoms with Gasteiger partial charge in [-0.05, 0) is 0 Å². The van der Waals surface area contributed by atoms with E-state index in [1.54, 1.807) is 0 Å². The lowest BCUT2D eigenvalue weighted by atomic mass is 10.1. The highest BCUT2D eigenvalue weighted by molar-refractivity contribution is 5.06. The maximum Gasteiger partial charge on any atom is 0.412 e. The van der Waals surface area contributed by atoms with Crippen molar-refractivity contribution in [1.29, 1.82) is 0 Å². The predicted octanol–water partition coefficient (Wildman–Crippen LogP) is 4.14. The predicted molar refractivity (Wildman–Crippen MR) is 30.8 cm³/mol. The number of hydrogen-bond acceptors (Lipinski definition) is 0. The Kier molecular flexibility index (Phi) is 3.88. The van der Waals surface area contributed by atoms with Crippen LogP contribution in [0.4, 0.5) is 43.9 Å². The van der Waals surface area contributed by atoms with Crippen molar-refractivity contribution in [2.75, 3.05) is 0 Å². The molecular formula is C6H2F10. The van der Waals surface area contributed by atoms with Gasteiger partial charge in [-0.2, -0.15) is 39.5 Å². The summed E-state index contributed by atoms with van der Waals surface area (Å²) in [6.45, 7) is 0. The molecule has 0 unspecified atom stereocenters. The van der Waals surface area contributed by atoms with Gasteiger partial charge in [-0.15, -0.1) is 0 Å². The number of halogens is 10. The summed E-state index contributed by atoms with van der Waals surface area (Å²) in [6.07, 6.45) is -19.6. The van der Waals surface area contributed by atoms with Crippen molar-refractivity contribution in [2.24, 2.45) is 5.92 Å². The Morgan fingerprint density at radius 1 is 0.750 bits per heavy atom. The molecule has 0 saturated carbocycles. The second-order valence-electron chi connectivity index (χ2n) is 2.59. The lowest BCUT2D eigenvalue weighted by molar-refractivity contribution is -0.276. The van der Waals surface area contributed by atoms with E-state index in [-0.39, 0.29) is 0 Å².